The molecule has 0 fully saturated rings. The zero-order chi connectivity index (χ0) is 21.8. The Hall–Kier alpha value is -4.06. The molecule has 154 valence electrons. The Labute approximate surface area is 179 Å². The number of benzene rings is 3. The number of hydrazone groups is 1. The maximum atomic E-state index is 13.7. The fourth-order valence-electron chi connectivity index (χ4n) is 3.18. The Morgan fingerprint density at radius 2 is 1.74 bits per heavy atom. The van der Waals surface area contributed by atoms with Crippen LogP contribution in [0.15, 0.2) is 84.0 Å². The lowest BCUT2D eigenvalue weighted by atomic mass is 10.1. The Balaban J connectivity index is 1.66. The lowest BCUT2D eigenvalue weighted by molar-refractivity contribution is 0.0949. The molecule has 0 aliphatic rings. The molecule has 1 N–H and O–H groups in total. The molecule has 1 amide bonds. The van der Waals surface area contributed by atoms with E-state index < -0.39 is 11.7 Å². The molecule has 0 bridgehead atoms. The number of nitrogens with one attached hydrogen (secondary N) is 1. The van der Waals surface area contributed by atoms with Crippen LogP contribution in [0.25, 0.3) is 16.9 Å². The minimum atomic E-state index is -0.479. The van der Waals surface area contributed by atoms with Gasteiger partial charge in [-0.25, -0.2) is 14.5 Å². The highest BCUT2D eigenvalue weighted by atomic mass is 19.1. The predicted molar refractivity (Wildman–Crippen MR) is 120 cm³/mol. The second kappa shape index (κ2) is 8.75. The van der Waals surface area contributed by atoms with Crippen LogP contribution in [0.2, 0.25) is 0 Å². The van der Waals surface area contributed by atoms with E-state index in [1.807, 2.05) is 62.4 Å². The Morgan fingerprint density at radius 3 is 2.48 bits per heavy atom. The van der Waals surface area contributed by atoms with E-state index in [0.717, 1.165) is 28.1 Å². The molecule has 0 saturated heterocycles. The summed E-state index contributed by atoms with van der Waals surface area (Å²) in [4.78, 5) is 12.7. The standard InChI is InChI=1S/C25H21FN4O/c1-17-10-12-19(13-11-17)24-15-23(29-30(24)21-8-5-6-18(2)14-21)25(31)28-27-16-20-7-3-4-9-22(20)26/h3-16H,1-2H3,(H,28,31)/b27-16-. The van der Waals surface area contributed by atoms with Crippen LogP contribution in [-0.2, 0) is 0 Å². The summed E-state index contributed by atoms with van der Waals surface area (Å²) in [6.45, 7) is 4.03. The van der Waals surface area contributed by atoms with E-state index in [4.69, 9.17) is 0 Å². The Kier molecular flexibility index (Phi) is 5.71. The van der Waals surface area contributed by atoms with Crippen molar-refractivity contribution in [3.05, 3.63) is 107 Å². The molecule has 4 rings (SSSR count). The summed E-state index contributed by atoms with van der Waals surface area (Å²) in [6.07, 6.45) is 1.27. The minimum absolute atomic E-state index is 0.211. The maximum absolute atomic E-state index is 13.7. The molecule has 0 spiro atoms. The van der Waals surface area contributed by atoms with E-state index in [1.54, 1.807) is 28.9 Å². The van der Waals surface area contributed by atoms with Crippen molar-refractivity contribution >= 4 is 12.1 Å². The summed E-state index contributed by atoms with van der Waals surface area (Å²) >= 11 is 0. The number of carbonyl (C=O) groups excluding carboxylic acids is 1. The summed E-state index contributed by atoms with van der Waals surface area (Å²) in [5.74, 6) is -0.891. The number of hydrogen-bond donors (Lipinski definition) is 1. The van der Waals surface area contributed by atoms with Gasteiger partial charge in [-0.3, -0.25) is 4.79 Å². The van der Waals surface area contributed by atoms with E-state index in [2.05, 4.69) is 15.6 Å². The zero-order valence-corrected chi connectivity index (χ0v) is 17.2. The highest BCUT2D eigenvalue weighted by molar-refractivity contribution is 5.94. The van der Waals surface area contributed by atoms with E-state index in [-0.39, 0.29) is 11.3 Å². The molecular weight excluding hydrogens is 391 g/mol. The van der Waals surface area contributed by atoms with Crippen molar-refractivity contribution in [2.75, 3.05) is 0 Å². The zero-order valence-electron chi connectivity index (χ0n) is 17.2. The van der Waals surface area contributed by atoms with Crippen molar-refractivity contribution in [2.45, 2.75) is 13.8 Å². The molecule has 0 aliphatic carbocycles. The topological polar surface area (TPSA) is 59.3 Å². The van der Waals surface area contributed by atoms with Crippen molar-refractivity contribution in [1.82, 2.24) is 15.2 Å². The molecule has 0 unspecified atom stereocenters. The number of nitrogens with zero attached hydrogens (tertiary/aromatic N) is 3. The second-order valence-electron chi connectivity index (χ2n) is 7.25. The van der Waals surface area contributed by atoms with E-state index in [1.165, 1.54) is 12.3 Å². The molecule has 5 nitrogen and oxygen atoms in total. The normalized spacial score (nSPS) is 11.1. The van der Waals surface area contributed by atoms with E-state index in [9.17, 15) is 9.18 Å². The molecule has 3 aromatic carbocycles. The first-order chi connectivity index (χ1) is 15.0. The molecule has 1 heterocycles. The Bertz CT molecular complexity index is 1260. The number of aromatic nitrogens is 2. The van der Waals surface area contributed by atoms with E-state index >= 15 is 0 Å². The molecule has 0 atom stereocenters. The highest BCUT2D eigenvalue weighted by Gasteiger charge is 2.16. The fraction of sp³-hybridized carbons (Fsp3) is 0.0800. The summed E-state index contributed by atoms with van der Waals surface area (Å²) in [5.41, 5.74) is 7.73. The monoisotopic (exact) mass is 412 g/mol. The number of aryl methyl sites for hydroxylation is 2. The number of hydrogen-bond acceptors (Lipinski definition) is 3. The van der Waals surface area contributed by atoms with Crippen molar-refractivity contribution < 1.29 is 9.18 Å². The summed E-state index contributed by atoms with van der Waals surface area (Å²) in [5, 5.41) is 8.40. The molecule has 31 heavy (non-hydrogen) atoms. The van der Waals surface area contributed by atoms with Crippen LogP contribution in [0, 0.1) is 19.7 Å². The van der Waals surface area contributed by atoms with Crippen molar-refractivity contribution in [1.29, 1.82) is 0 Å². The van der Waals surface area contributed by atoms with Gasteiger partial charge in [0.15, 0.2) is 5.69 Å². The van der Waals surface area contributed by atoms with Gasteiger partial charge in [-0.1, -0.05) is 60.2 Å². The maximum Gasteiger partial charge on any atom is 0.291 e. The summed E-state index contributed by atoms with van der Waals surface area (Å²) < 4.78 is 15.5. The van der Waals surface area contributed by atoms with Crippen LogP contribution in [0.5, 0.6) is 0 Å². The molecule has 1 aromatic heterocycles. The smallest absolute Gasteiger partial charge is 0.265 e. The third-order valence-corrected chi connectivity index (χ3v) is 4.81. The highest BCUT2D eigenvalue weighted by Crippen LogP contribution is 2.25. The summed E-state index contributed by atoms with van der Waals surface area (Å²) in [6, 6.07) is 23.8. The third kappa shape index (κ3) is 4.59. The van der Waals surface area contributed by atoms with Crippen LogP contribution in [0.1, 0.15) is 27.2 Å². The van der Waals surface area contributed by atoms with Crippen LogP contribution in [0.3, 0.4) is 0 Å². The average Bonchev–Trinajstić information content (AvgIpc) is 3.21. The SMILES string of the molecule is Cc1ccc(-c2cc(C(=O)N/N=C\c3ccccc3F)nn2-c2cccc(C)c2)cc1. The summed E-state index contributed by atoms with van der Waals surface area (Å²) in [7, 11) is 0. The largest absolute Gasteiger partial charge is 0.291 e. The number of halogens is 1. The van der Waals surface area contributed by atoms with Crippen LogP contribution < -0.4 is 5.43 Å². The molecule has 6 heteroatoms. The third-order valence-electron chi connectivity index (χ3n) is 4.81. The van der Waals surface area contributed by atoms with Crippen molar-refractivity contribution in [2.24, 2.45) is 5.10 Å². The fourth-order valence-corrected chi connectivity index (χ4v) is 3.18. The van der Waals surface area contributed by atoms with Crippen LogP contribution >= 0.6 is 0 Å². The molecular formula is C25H21FN4O. The van der Waals surface area contributed by atoms with Gasteiger partial charge in [0.1, 0.15) is 5.82 Å². The van der Waals surface area contributed by atoms with Crippen LogP contribution in [0.4, 0.5) is 4.39 Å². The Morgan fingerprint density at radius 1 is 0.968 bits per heavy atom. The number of rotatable bonds is 5. The van der Waals surface area contributed by atoms with Gasteiger partial charge in [0.25, 0.3) is 5.91 Å². The van der Waals surface area contributed by atoms with Gasteiger partial charge in [0.05, 0.1) is 17.6 Å². The first kappa shape index (κ1) is 20.2. The molecule has 4 aromatic rings. The minimum Gasteiger partial charge on any atom is -0.265 e. The number of amides is 1. The van der Waals surface area contributed by atoms with Crippen molar-refractivity contribution in [3.63, 3.8) is 0 Å². The number of carbonyl (C=O) groups is 1. The second-order valence-corrected chi connectivity index (χ2v) is 7.25. The van der Waals surface area contributed by atoms with Gasteiger partial charge >= 0.3 is 0 Å². The van der Waals surface area contributed by atoms with Gasteiger partial charge in [-0.2, -0.15) is 10.2 Å². The molecule has 0 saturated carbocycles. The lowest BCUT2D eigenvalue weighted by Gasteiger charge is -2.08. The average molecular weight is 412 g/mol. The van der Waals surface area contributed by atoms with Gasteiger partial charge in [-0.05, 0) is 43.7 Å². The van der Waals surface area contributed by atoms with E-state index in [0.29, 0.717) is 0 Å². The van der Waals surface area contributed by atoms with Gasteiger partial charge < -0.3 is 0 Å². The lowest BCUT2D eigenvalue weighted by Crippen LogP contribution is -2.18. The van der Waals surface area contributed by atoms with Gasteiger partial charge in [0, 0.05) is 11.1 Å². The first-order valence-electron chi connectivity index (χ1n) is 9.83. The van der Waals surface area contributed by atoms with Crippen LogP contribution in [-0.4, -0.2) is 21.9 Å². The van der Waals surface area contributed by atoms with Gasteiger partial charge in [-0.15, -0.1) is 0 Å². The van der Waals surface area contributed by atoms with Crippen molar-refractivity contribution in [3.8, 4) is 16.9 Å². The molecule has 0 aliphatic heterocycles. The molecule has 0 radical (unpaired) electrons. The van der Waals surface area contributed by atoms with Gasteiger partial charge in [0.2, 0.25) is 0 Å². The quantitative estimate of drug-likeness (QED) is 0.368. The predicted octanol–water partition coefficient (Wildman–Crippen LogP) is 5.06. The first-order valence-corrected chi connectivity index (χ1v) is 9.83.